The Balaban J connectivity index is 1.41. The Morgan fingerprint density at radius 3 is 1.96 bits per heavy atom. The second-order valence-electron chi connectivity index (χ2n) is 13.1. The molecule has 0 unspecified atom stereocenters. The van der Waals surface area contributed by atoms with Gasteiger partial charge in [0.1, 0.15) is 31.0 Å². The van der Waals surface area contributed by atoms with E-state index in [-0.39, 0.29) is 26.2 Å². The second kappa shape index (κ2) is 19.1. The van der Waals surface area contributed by atoms with E-state index in [2.05, 4.69) is 20.7 Å². The number of aliphatic hydroxyl groups excluding tert-OH is 2. The summed E-state index contributed by atoms with van der Waals surface area (Å²) < 4.78 is 24.4. The molecule has 0 radical (unpaired) electrons. The number of carbonyl (C=O) groups excluding carboxylic acids is 1. The van der Waals surface area contributed by atoms with Gasteiger partial charge in [-0.2, -0.15) is 0 Å². The van der Waals surface area contributed by atoms with Gasteiger partial charge in [-0.05, 0) is 42.0 Å². The molecule has 2 fully saturated rings. The number of amides is 3. The molecule has 1 heterocycles. The van der Waals surface area contributed by atoms with E-state index in [0.29, 0.717) is 12.0 Å². The summed E-state index contributed by atoms with van der Waals surface area (Å²) in [5.41, 5.74) is 11.7. The molecule has 0 aromatic heterocycles. The highest BCUT2D eigenvalue weighted by Crippen LogP contribution is 2.33. The van der Waals surface area contributed by atoms with Crippen molar-refractivity contribution in [3.05, 3.63) is 118 Å². The number of aliphatic hydroxyl groups is 2. The van der Waals surface area contributed by atoms with E-state index in [0.717, 1.165) is 11.1 Å². The fourth-order valence-corrected chi connectivity index (χ4v) is 6.75. The van der Waals surface area contributed by atoms with E-state index in [4.69, 9.17) is 18.9 Å². The van der Waals surface area contributed by atoms with Crippen LogP contribution in [0, 0.1) is 0 Å². The van der Waals surface area contributed by atoms with Crippen LogP contribution in [-0.4, -0.2) is 105 Å². The number of azide groups is 1. The maximum Gasteiger partial charge on any atom is 0.410 e. The van der Waals surface area contributed by atoms with E-state index in [1.54, 1.807) is 37.3 Å². The number of rotatable bonds is 14. The highest BCUT2D eigenvalue weighted by Gasteiger charge is 2.54. The Morgan fingerprint density at radius 1 is 0.833 bits per heavy atom. The highest BCUT2D eigenvalue weighted by molar-refractivity contribution is 5.68. The first kappa shape index (κ1) is 39.8. The zero-order chi connectivity index (χ0) is 38.6. The minimum absolute atomic E-state index is 0.0268. The fraction of sp³-hybridized carbons (Fsp3) is 0.432. The van der Waals surface area contributed by atoms with Gasteiger partial charge in [-0.1, -0.05) is 96.1 Å². The minimum Gasteiger partial charge on any atom is -0.465 e. The van der Waals surface area contributed by atoms with Crippen molar-refractivity contribution in [3.63, 3.8) is 0 Å². The number of benzene rings is 3. The number of carboxylic acid groups (broad SMARTS) is 2. The van der Waals surface area contributed by atoms with Crippen molar-refractivity contribution < 1.29 is 53.8 Å². The molecule has 1 aliphatic carbocycles. The van der Waals surface area contributed by atoms with Crippen LogP contribution >= 0.6 is 0 Å². The maximum absolute atomic E-state index is 13.7. The third kappa shape index (κ3) is 10.4. The van der Waals surface area contributed by atoms with Crippen LogP contribution in [0.4, 0.5) is 14.4 Å². The number of hydrogen-bond acceptors (Lipinski definition) is 10. The largest absolute Gasteiger partial charge is 0.465 e. The van der Waals surface area contributed by atoms with Crippen LogP contribution in [0.15, 0.2) is 96.1 Å². The van der Waals surface area contributed by atoms with Crippen molar-refractivity contribution in [2.24, 2.45) is 5.11 Å². The predicted molar refractivity (Wildman–Crippen MR) is 191 cm³/mol. The van der Waals surface area contributed by atoms with E-state index in [9.17, 15) is 40.3 Å². The topological polar surface area (TPSA) is 245 Å². The number of carbonyl (C=O) groups is 3. The molecule has 0 bridgehead atoms. The van der Waals surface area contributed by atoms with Crippen molar-refractivity contribution in [3.8, 4) is 0 Å². The summed E-state index contributed by atoms with van der Waals surface area (Å²) in [6, 6.07) is 22.6. The molecule has 17 heteroatoms. The smallest absolute Gasteiger partial charge is 0.410 e. The van der Waals surface area contributed by atoms with Gasteiger partial charge < -0.3 is 50.0 Å². The van der Waals surface area contributed by atoms with Gasteiger partial charge in [-0.25, -0.2) is 14.4 Å². The summed E-state index contributed by atoms with van der Waals surface area (Å²) in [7, 11) is 0. The number of nitrogens with one attached hydrogen (secondary N) is 2. The van der Waals surface area contributed by atoms with Gasteiger partial charge in [-0.15, -0.1) is 0 Å². The van der Waals surface area contributed by atoms with Gasteiger partial charge in [0, 0.05) is 11.5 Å². The van der Waals surface area contributed by atoms with Gasteiger partial charge in [0.2, 0.25) is 0 Å². The van der Waals surface area contributed by atoms with E-state index in [1.807, 2.05) is 60.7 Å². The molecule has 1 saturated carbocycles. The third-order valence-corrected chi connectivity index (χ3v) is 9.51. The molecule has 288 valence electrons. The standard InChI is InChI=1S/C37H44N6O11/c1-22(43(19-23-11-5-2-6-12-23)37(50)52-21-25-15-9-4-10-16-25)27-18-17-26(41-42-38)34(53-27)54-33-29(40-36(48)49)32(51-20-24-13-7-3-8-14-24)28(39-35(46)47)30(44)31(33)45/h2-16,22,26-34,39-40,44-45H,17-21H2,1H3,(H,46,47)(H,48,49)/t22-,26+,27-,28-,29-,30-,31+,32+,33+,34+/m0/s1. The molecule has 1 saturated heterocycles. The lowest BCUT2D eigenvalue weighted by molar-refractivity contribution is -0.272. The number of nitrogens with zero attached hydrogens (tertiary/aromatic N) is 4. The second-order valence-corrected chi connectivity index (χ2v) is 13.1. The zero-order valence-corrected chi connectivity index (χ0v) is 29.4. The molecule has 3 aromatic rings. The zero-order valence-electron chi connectivity index (χ0n) is 29.4. The fourth-order valence-electron chi connectivity index (χ4n) is 6.75. The van der Waals surface area contributed by atoms with Crippen molar-refractivity contribution in [1.29, 1.82) is 0 Å². The lowest BCUT2D eigenvalue weighted by Crippen LogP contribution is -2.73. The maximum atomic E-state index is 13.7. The summed E-state index contributed by atoms with van der Waals surface area (Å²) >= 11 is 0. The molecule has 0 spiro atoms. The average Bonchev–Trinajstić information content (AvgIpc) is 3.17. The first-order chi connectivity index (χ1) is 26.0. The third-order valence-electron chi connectivity index (χ3n) is 9.51. The lowest BCUT2D eigenvalue weighted by atomic mass is 9.81. The average molecular weight is 749 g/mol. The Kier molecular flexibility index (Phi) is 14.0. The Labute approximate surface area is 311 Å². The predicted octanol–water partition coefficient (Wildman–Crippen LogP) is 4.38. The van der Waals surface area contributed by atoms with Crippen molar-refractivity contribution in [1.82, 2.24) is 15.5 Å². The Bertz CT molecular complexity index is 1720. The summed E-state index contributed by atoms with van der Waals surface area (Å²) in [6.45, 7) is 1.84. The molecule has 54 heavy (non-hydrogen) atoms. The molecule has 2 aliphatic rings. The van der Waals surface area contributed by atoms with Crippen LogP contribution in [0.1, 0.15) is 36.5 Å². The molecule has 1 aliphatic heterocycles. The normalized spacial score (nSPS) is 27.1. The summed E-state index contributed by atoms with van der Waals surface area (Å²) in [4.78, 5) is 42.0. The van der Waals surface area contributed by atoms with Gasteiger partial charge >= 0.3 is 18.3 Å². The first-order valence-electron chi connectivity index (χ1n) is 17.4. The molecule has 17 nitrogen and oxygen atoms in total. The number of hydrogen-bond donors (Lipinski definition) is 6. The highest BCUT2D eigenvalue weighted by atomic mass is 16.7. The lowest BCUT2D eigenvalue weighted by Gasteiger charge is -2.49. The van der Waals surface area contributed by atoms with Crippen LogP contribution in [0.3, 0.4) is 0 Å². The Morgan fingerprint density at radius 2 is 1.39 bits per heavy atom. The number of ether oxygens (including phenoxy) is 4. The molecule has 3 amide bonds. The molecular formula is C37H44N6O11. The van der Waals surface area contributed by atoms with Gasteiger partial charge in [-0.3, -0.25) is 4.90 Å². The summed E-state index contributed by atoms with van der Waals surface area (Å²) in [5, 5.41) is 50.3. The molecule has 3 aromatic carbocycles. The molecule has 6 N–H and O–H groups in total. The van der Waals surface area contributed by atoms with Gasteiger partial charge in [0.25, 0.3) is 0 Å². The first-order valence-corrected chi connectivity index (χ1v) is 17.4. The van der Waals surface area contributed by atoms with Crippen molar-refractivity contribution in [2.45, 2.75) is 101 Å². The van der Waals surface area contributed by atoms with Crippen LogP contribution < -0.4 is 10.6 Å². The van der Waals surface area contributed by atoms with Crippen LogP contribution in [0.5, 0.6) is 0 Å². The van der Waals surface area contributed by atoms with Gasteiger partial charge in [0.15, 0.2) is 6.29 Å². The minimum atomic E-state index is -1.88. The van der Waals surface area contributed by atoms with Crippen LogP contribution in [-0.2, 0) is 38.7 Å². The van der Waals surface area contributed by atoms with Crippen LogP contribution in [0.2, 0.25) is 0 Å². The molecule has 5 rings (SSSR count). The van der Waals surface area contributed by atoms with Crippen molar-refractivity contribution in [2.75, 3.05) is 0 Å². The SMILES string of the molecule is C[C@@H]([C@@H]1CC[C@@H](N=[N+]=[N-])[C@@H](O[C@H]2[C@H](O)[C@@H](O)[C@H](NC(=O)O)[C@@H](OCc3ccccc3)[C@@H]2NC(=O)O)O1)N(Cc1ccccc1)C(=O)OCc1ccccc1. The van der Waals surface area contributed by atoms with E-state index < -0.39 is 79.3 Å². The quantitative estimate of drug-likeness (QED) is 0.0767. The Hall–Kier alpha value is -5.42. The summed E-state index contributed by atoms with van der Waals surface area (Å²) in [6.07, 6.45) is -12.1. The van der Waals surface area contributed by atoms with E-state index in [1.165, 1.54) is 4.90 Å². The van der Waals surface area contributed by atoms with E-state index >= 15 is 0 Å². The molecule has 10 atom stereocenters. The summed E-state index contributed by atoms with van der Waals surface area (Å²) in [5.74, 6) is 0. The van der Waals surface area contributed by atoms with Crippen molar-refractivity contribution >= 4 is 18.3 Å². The monoisotopic (exact) mass is 748 g/mol. The van der Waals surface area contributed by atoms with Gasteiger partial charge in [0.05, 0.1) is 36.9 Å². The van der Waals surface area contributed by atoms with Crippen LogP contribution in [0.25, 0.3) is 10.4 Å². The molecular weight excluding hydrogens is 704 g/mol.